The number of ether oxygens (including phenoxy) is 1. The first-order valence-corrected chi connectivity index (χ1v) is 15.1. The molecule has 0 aliphatic heterocycles. The van der Waals surface area contributed by atoms with Crippen molar-refractivity contribution < 1.29 is 9.53 Å². The van der Waals surface area contributed by atoms with E-state index in [1.165, 1.54) is 69.8 Å². The highest BCUT2D eigenvalue weighted by Gasteiger charge is 2.82. The van der Waals surface area contributed by atoms with E-state index >= 15 is 0 Å². The summed E-state index contributed by atoms with van der Waals surface area (Å²) in [4.78, 5) is 11.9. The van der Waals surface area contributed by atoms with Crippen LogP contribution in [0.4, 0.5) is 0 Å². The van der Waals surface area contributed by atoms with Crippen LogP contribution in [0.25, 0.3) is 0 Å². The van der Waals surface area contributed by atoms with E-state index in [0.29, 0.717) is 27.6 Å². The summed E-state index contributed by atoms with van der Waals surface area (Å²) in [7, 11) is 0. The molecule has 5 aliphatic rings. The van der Waals surface area contributed by atoms with Crippen LogP contribution in [0.2, 0.25) is 0 Å². The van der Waals surface area contributed by atoms with Gasteiger partial charge >= 0.3 is 5.97 Å². The van der Waals surface area contributed by atoms with Gasteiger partial charge in [0.1, 0.15) is 6.10 Å². The summed E-state index contributed by atoms with van der Waals surface area (Å²) in [6, 6.07) is 0. The van der Waals surface area contributed by atoms with Crippen LogP contribution in [-0.2, 0) is 9.53 Å². The fraction of sp³-hybridized carbons (Fsp3) is 0.909. The number of carbonyl (C=O) groups excluding carboxylic acids is 1. The Balaban J connectivity index is 1.37. The Morgan fingerprint density at radius 3 is 2.20 bits per heavy atom. The van der Waals surface area contributed by atoms with Gasteiger partial charge in [0.25, 0.3) is 0 Å². The van der Waals surface area contributed by atoms with E-state index in [2.05, 4.69) is 55.0 Å². The van der Waals surface area contributed by atoms with Gasteiger partial charge < -0.3 is 4.74 Å². The van der Waals surface area contributed by atoms with Crippen molar-refractivity contribution >= 4 is 5.97 Å². The molecule has 0 N–H and O–H groups in total. The number of esters is 1. The van der Waals surface area contributed by atoms with Gasteiger partial charge in [-0.3, -0.25) is 4.79 Å². The van der Waals surface area contributed by atoms with Gasteiger partial charge in [-0.05, 0) is 122 Å². The predicted octanol–water partition coefficient (Wildman–Crippen LogP) is 8.99. The van der Waals surface area contributed by atoms with Gasteiger partial charge in [0.15, 0.2) is 0 Å². The smallest absolute Gasteiger partial charge is 0.302 e. The average Bonchev–Trinajstić information content (AvgIpc) is 3.36. The molecule has 0 heterocycles. The highest BCUT2D eigenvalue weighted by Crippen LogP contribution is 2.89. The first-order valence-electron chi connectivity index (χ1n) is 15.1. The summed E-state index contributed by atoms with van der Waals surface area (Å²) in [5, 5.41) is 0. The molecule has 198 valence electrons. The maximum atomic E-state index is 11.9. The number of fused-ring (bicyclic) bond motifs is 2. The summed E-state index contributed by atoms with van der Waals surface area (Å²) < 4.78 is 5.91. The van der Waals surface area contributed by atoms with Crippen LogP contribution < -0.4 is 0 Å². The number of hydrogen-bond donors (Lipinski definition) is 0. The third-order valence-corrected chi connectivity index (χ3v) is 13.8. The molecular formula is C33H54O2. The lowest BCUT2D eigenvalue weighted by molar-refractivity contribution is -0.181. The second-order valence-electron chi connectivity index (χ2n) is 15.4. The molecule has 2 spiro atoms. The van der Waals surface area contributed by atoms with Gasteiger partial charge in [-0.1, -0.05) is 60.6 Å². The molecule has 35 heavy (non-hydrogen) atoms. The van der Waals surface area contributed by atoms with Crippen molar-refractivity contribution in [2.75, 3.05) is 0 Å². The number of rotatable bonds is 6. The average molecular weight is 483 g/mol. The van der Waals surface area contributed by atoms with E-state index in [9.17, 15) is 4.79 Å². The second-order valence-corrected chi connectivity index (χ2v) is 15.4. The van der Waals surface area contributed by atoms with Crippen molar-refractivity contribution in [2.45, 2.75) is 132 Å². The van der Waals surface area contributed by atoms with Crippen molar-refractivity contribution in [3.8, 4) is 0 Å². The summed E-state index contributed by atoms with van der Waals surface area (Å²) >= 11 is 0. The highest BCUT2D eigenvalue weighted by atomic mass is 16.5. The first kappa shape index (κ1) is 25.8. The molecule has 2 heteroatoms. The van der Waals surface area contributed by atoms with Gasteiger partial charge in [0, 0.05) is 12.3 Å². The Kier molecular flexibility index (Phi) is 5.98. The van der Waals surface area contributed by atoms with Crippen molar-refractivity contribution in [3.63, 3.8) is 0 Å². The van der Waals surface area contributed by atoms with Crippen LogP contribution >= 0.6 is 0 Å². The van der Waals surface area contributed by atoms with Crippen molar-refractivity contribution in [2.24, 2.45) is 56.7 Å². The zero-order chi connectivity index (χ0) is 25.6. The van der Waals surface area contributed by atoms with Gasteiger partial charge in [-0.15, -0.1) is 0 Å². The van der Waals surface area contributed by atoms with E-state index in [4.69, 9.17) is 4.74 Å². The lowest BCUT2D eigenvalue weighted by Crippen LogP contribution is -2.58. The van der Waals surface area contributed by atoms with Crippen LogP contribution in [0.15, 0.2) is 12.2 Å². The Bertz CT molecular complexity index is 886. The summed E-state index contributed by atoms with van der Waals surface area (Å²) in [5.41, 5.74) is 3.63. The summed E-state index contributed by atoms with van der Waals surface area (Å²) in [6.45, 7) is 23.4. The lowest BCUT2D eigenvalue weighted by Gasteiger charge is -2.63. The minimum absolute atomic E-state index is 0.0951. The molecule has 0 bridgehead atoms. The van der Waals surface area contributed by atoms with Gasteiger partial charge in [0.05, 0.1) is 0 Å². The molecule has 0 amide bonds. The molecule has 5 aliphatic carbocycles. The summed E-state index contributed by atoms with van der Waals surface area (Å²) in [6.07, 6.45) is 15.0. The first-order chi connectivity index (χ1) is 16.3. The zero-order valence-corrected chi connectivity index (χ0v) is 24.3. The Labute approximate surface area is 216 Å². The molecule has 0 aromatic carbocycles. The van der Waals surface area contributed by atoms with Crippen LogP contribution in [-0.4, -0.2) is 12.1 Å². The molecular weight excluding hydrogens is 428 g/mol. The maximum absolute atomic E-state index is 11.9. The third kappa shape index (κ3) is 3.35. The van der Waals surface area contributed by atoms with E-state index in [1.54, 1.807) is 6.92 Å². The molecule has 0 aromatic heterocycles. The Hall–Kier alpha value is -0.790. The fourth-order valence-electron chi connectivity index (χ4n) is 11.6. The lowest BCUT2D eigenvalue weighted by atomic mass is 9.41. The number of hydrogen-bond acceptors (Lipinski definition) is 2. The van der Waals surface area contributed by atoms with E-state index < -0.39 is 0 Å². The Morgan fingerprint density at radius 2 is 1.54 bits per heavy atom. The van der Waals surface area contributed by atoms with Crippen LogP contribution in [0, 0.1) is 56.7 Å². The highest BCUT2D eigenvalue weighted by molar-refractivity contribution is 5.66. The van der Waals surface area contributed by atoms with Crippen molar-refractivity contribution in [3.05, 3.63) is 12.2 Å². The molecule has 0 radical (unpaired) electrons. The standard InChI is InChI=1S/C33H54O2/c1-21(2)22(3)10-11-23(4)25-14-16-31(9)27-13-12-26-29(6,7)28(35-24(5)34)15-17-32(26)20-33(27,32)19-18-30(25,31)8/h21,23,25-28H,3,10-20H2,1-2,4-9H3/t23?,25?,26-,27+,28?,30+,31-,32+,33-/m0/s1. The SMILES string of the molecule is C=C(CCC(C)C1CC[C@@]2(C)[C@H]3CC[C@H]4C(C)(C)C(OC(C)=O)CC[C@@]45C[C@@]35CC[C@]12C)C(C)C. The van der Waals surface area contributed by atoms with Gasteiger partial charge in [-0.25, -0.2) is 0 Å². The molecule has 0 aromatic rings. The molecule has 2 nitrogen and oxygen atoms in total. The minimum atomic E-state index is -0.0951. The van der Waals surface area contributed by atoms with Crippen LogP contribution in [0.1, 0.15) is 126 Å². The molecule has 5 fully saturated rings. The van der Waals surface area contributed by atoms with Crippen molar-refractivity contribution in [1.82, 2.24) is 0 Å². The second kappa shape index (κ2) is 8.10. The van der Waals surface area contributed by atoms with Gasteiger partial charge in [0.2, 0.25) is 0 Å². The van der Waals surface area contributed by atoms with E-state index in [1.807, 2.05) is 0 Å². The monoisotopic (exact) mass is 482 g/mol. The van der Waals surface area contributed by atoms with Crippen molar-refractivity contribution in [1.29, 1.82) is 0 Å². The van der Waals surface area contributed by atoms with Gasteiger partial charge in [-0.2, -0.15) is 0 Å². The van der Waals surface area contributed by atoms with Crippen LogP contribution in [0.3, 0.4) is 0 Å². The summed E-state index contributed by atoms with van der Waals surface area (Å²) in [5.74, 6) is 3.80. The molecule has 0 saturated heterocycles. The largest absolute Gasteiger partial charge is 0.462 e. The van der Waals surface area contributed by atoms with Crippen LogP contribution in [0.5, 0.6) is 0 Å². The molecule has 5 saturated carbocycles. The van der Waals surface area contributed by atoms with E-state index in [0.717, 1.165) is 30.1 Å². The normalized spacial score (nSPS) is 48.3. The quantitative estimate of drug-likeness (QED) is 0.279. The predicted molar refractivity (Wildman–Crippen MR) is 145 cm³/mol. The molecule has 3 unspecified atom stereocenters. The minimum Gasteiger partial charge on any atom is -0.462 e. The third-order valence-electron chi connectivity index (χ3n) is 13.8. The maximum Gasteiger partial charge on any atom is 0.302 e. The van der Waals surface area contributed by atoms with E-state index in [-0.39, 0.29) is 17.5 Å². The fourth-order valence-corrected chi connectivity index (χ4v) is 11.6. The topological polar surface area (TPSA) is 26.3 Å². The number of allylic oxidation sites excluding steroid dienone is 1. The Morgan fingerprint density at radius 1 is 0.886 bits per heavy atom. The molecule has 5 rings (SSSR count). The zero-order valence-electron chi connectivity index (χ0n) is 24.3. The number of carbonyl (C=O) groups is 1. The molecule has 9 atom stereocenters.